The molecule has 1 amide bonds. The summed E-state index contributed by atoms with van der Waals surface area (Å²) in [6.07, 6.45) is 8.92. The van der Waals surface area contributed by atoms with E-state index in [1.165, 1.54) is 6.20 Å². The predicted octanol–water partition coefficient (Wildman–Crippen LogP) is 3.12. The van der Waals surface area contributed by atoms with Gasteiger partial charge in [0.1, 0.15) is 0 Å². The number of primary amides is 1. The van der Waals surface area contributed by atoms with E-state index in [0.29, 0.717) is 11.3 Å². The standard InChI is InChI=1S/C22H28N6O/c1-13-6-8-25-10-15(13)14-9-17-19(16(20(23)29)11-26-28(17)12-14)27-18-5-7-22(4,24)21(18,2)3/h6,8-12,18,27H,5,7,24H2,1-4H3,(H2,23,29)/t18-,22+/m1/s1. The summed E-state index contributed by atoms with van der Waals surface area (Å²) in [5.74, 6) is -0.505. The molecule has 7 heteroatoms. The fourth-order valence-electron chi connectivity index (χ4n) is 4.26. The zero-order valence-corrected chi connectivity index (χ0v) is 17.4. The number of aryl methyl sites for hydroxylation is 1. The van der Waals surface area contributed by atoms with Crippen molar-refractivity contribution >= 4 is 17.1 Å². The highest BCUT2D eigenvalue weighted by Gasteiger charge is 2.49. The van der Waals surface area contributed by atoms with E-state index in [1.807, 2.05) is 31.5 Å². The van der Waals surface area contributed by atoms with Gasteiger partial charge in [-0.3, -0.25) is 9.78 Å². The number of hydrogen-bond acceptors (Lipinski definition) is 5. The number of amides is 1. The molecule has 0 spiro atoms. The number of nitrogens with zero attached hydrogens (tertiary/aromatic N) is 3. The Kier molecular flexibility index (Phi) is 4.38. The molecule has 0 aliphatic heterocycles. The van der Waals surface area contributed by atoms with Crippen molar-refractivity contribution in [3.63, 3.8) is 0 Å². The van der Waals surface area contributed by atoms with Crippen LogP contribution in [0.3, 0.4) is 0 Å². The largest absolute Gasteiger partial charge is 0.379 e. The quantitative estimate of drug-likeness (QED) is 0.632. The smallest absolute Gasteiger partial charge is 0.252 e. The molecule has 3 aromatic heterocycles. The molecule has 29 heavy (non-hydrogen) atoms. The van der Waals surface area contributed by atoms with Gasteiger partial charge in [0, 0.05) is 46.7 Å². The average Bonchev–Trinajstić information content (AvgIpc) is 3.16. The molecule has 0 saturated heterocycles. The fourth-order valence-corrected chi connectivity index (χ4v) is 4.26. The van der Waals surface area contributed by atoms with Crippen LogP contribution < -0.4 is 16.8 Å². The molecule has 1 saturated carbocycles. The number of anilines is 1. The number of aromatic nitrogens is 3. The maximum absolute atomic E-state index is 12.2. The second kappa shape index (κ2) is 6.56. The van der Waals surface area contributed by atoms with Crippen molar-refractivity contribution < 1.29 is 4.79 Å². The van der Waals surface area contributed by atoms with Crippen LogP contribution in [0.2, 0.25) is 0 Å². The Morgan fingerprint density at radius 1 is 1.31 bits per heavy atom. The molecule has 152 valence electrons. The SMILES string of the molecule is Cc1ccncc1-c1cc2c(N[C@@H]3CC[C@](C)(N)C3(C)C)c(C(N)=O)cnn2c1. The third-order valence-corrected chi connectivity index (χ3v) is 6.87. The van der Waals surface area contributed by atoms with Crippen LogP contribution in [-0.2, 0) is 0 Å². The van der Waals surface area contributed by atoms with Gasteiger partial charge in [0.2, 0.25) is 0 Å². The van der Waals surface area contributed by atoms with E-state index in [9.17, 15) is 4.79 Å². The number of fused-ring (bicyclic) bond motifs is 1. The molecule has 7 nitrogen and oxygen atoms in total. The number of carbonyl (C=O) groups excluding carboxylic acids is 1. The van der Waals surface area contributed by atoms with Crippen molar-refractivity contribution in [3.8, 4) is 11.1 Å². The summed E-state index contributed by atoms with van der Waals surface area (Å²) in [7, 11) is 0. The Morgan fingerprint density at radius 3 is 2.69 bits per heavy atom. The third-order valence-electron chi connectivity index (χ3n) is 6.87. The van der Waals surface area contributed by atoms with Crippen molar-refractivity contribution in [1.29, 1.82) is 0 Å². The van der Waals surface area contributed by atoms with Crippen molar-refractivity contribution in [2.75, 3.05) is 5.32 Å². The topological polar surface area (TPSA) is 111 Å². The van der Waals surface area contributed by atoms with Gasteiger partial charge in [-0.15, -0.1) is 0 Å². The van der Waals surface area contributed by atoms with Crippen LogP contribution in [0.4, 0.5) is 5.69 Å². The lowest BCUT2D eigenvalue weighted by Crippen LogP contribution is -2.51. The van der Waals surface area contributed by atoms with Gasteiger partial charge in [0.25, 0.3) is 5.91 Å². The van der Waals surface area contributed by atoms with Crippen molar-refractivity contribution in [1.82, 2.24) is 14.6 Å². The summed E-state index contributed by atoms with van der Waals surface area (Å²) in [6, 6.07) is 4.11. The van der Waals surface area contributed by atoms with E-state index >= 15 is 0 Å². The molecule has 2 atom stereocenters. The van der Waals surface area contributed by atoms with E-state index in [2.05, 4.69) is 36.2 Å². The van der Waals surface area contributed by atoms with E-state index < -0.39 is 5.91 Å². The number of pyridine rings is 1. The maximum Gasteiger partial charge on any atom is 0.252 e. The monoisotopic (exact) mass is 392 g/mol. The van der Waals surface area contributed by atoms with E-state index in [1.54, 1.807) is 10.7 Å². The second-order valence-corrected chi connectivity index (χ2v) is 8.92. The number of nitrogens with one attached hydrogen (secondary N) is 1. The number of nitrogens with two attached hydrogens (primary N) is 2. The van der Waals surface area contributed by atoms with Gasteiger partial charge in [-0.05, 0) is 44.4 Å². The molecule has 5 N–H and O–H groups in total. The summed E-state index contributed by atoms with van der Waals surface area (Å²) in [5, 5.41) is 8.01. The van der Waals surface area contributed by atoms with Gasteiger partial charge in [-0.2, -0.15) is 5.10 Å². The molecule has 0 unspecified atom stereocenters. The molecule has 1 aliphatic rings. The van der Waals surface area contributed by atoms with Crippen molar-refractivity contribution in [2.45, 2.75) is 52.1 Å². The first-order valence-electron chi connectivity index (χ1n) is 9.89. The number of carbonyl (C=O) groups is 1. The molecular weight excluding hydrogens is 364 g/mol. The summed E-state index contributed by atoms with van der Waals surface area (Å²) in [4.78, 5) is 16.4. The lowest BCUT2D eigenvalue weighted by molar-refractivity contribution is 0.100. The maximum atomic E-state index is 12.2. The Hall–Kier alpha value is -2.93. The minimum Gasteiger partial charge on any atom is -0.379 e. The fraction of sp³-hybridized carbons (Fsp3) is 0.409. The lowest BCUT2D eigenvalue weighted by Gasteiger charge is -2.39. The molecule has 1 fully saturated rings. The van der Waals surface area contributed by atoms with Crippen molar-refractivity contribution in [2.24, 2.45) is 16.9 Å². The van der Waals surface area contributed by atoms with Crippen LogP contribution in [0.1, 0.15) is 49.5 Å². The molecule has 1 aliphatic carbocycles. The molecule has 0 radical (unpaired) electrons. The lowest BCUT2D eigenvalue weighted by atomic mass is 9.75. The molecule has 4 rings (SSSR count). The first-order valence-corrected chi connectivity index (χ1v) is 9.89. The van der Waals surface area contributed by atoms with Crippen molar-refractivity contribution in [3.05, 3.63) is 48.0 Å². The highest BCUT2D eigenvalue weighted by Crippen LogP contribution is 2.46. The van der Waals surface area contributed by atoms with Gasteiger partial charge < -0.3 is 16.8 Å². The van der Waals surface area contributed by atoms with Gasteiger partial charge >= 0.3 is 0 Å². The summed E-state index contributed by atoms with van der Waals surface area (Å²) in [6.45, 7) is 8.47. The van der Waals surface area contributed by atoms with Crippen LogP contribution in [0.15, 0.2) is 36.9 Å². The molecule has 0 aromatic carbocycles. The molecule has 3 heterocycles. The van der Waals surface area contributed by atoms with Crippen LogP contribution in [-0.4, -0.2) is 32.1 Å². The Balaban J connectivity index is 1.84. The Labute approximate surface area is 170 Å². The van der Waals surface area contributed by atoms with Gasteiger partial charge in [0.05, 0.1) is 23.0 Å². The minimum absolute atomic E-state index is 0.111. The van der Waals surface area contributed by atoms with Gasteiger partial charge in [-0.1, -0.05) is 13.8 Å². The number of hydrogen-bond donors (Lipinski definition) is 3. The van der Waals surface area contributed by atoms with Crippen LogP contribution in [0.25, 0.3) is 16.6 Å². The predicted molar refractivity (Wildman–Crippen MR) is 115 cm³/mol. The molecule has 3 aromatic rings. The first-order chi connectivity index (χ1) is 13.6. The summed E-state index contributed by atoms with van der Waals surface area (Å²) in [5.41, 5.74) is 16.8. The van der Waals surface area contributed by atoms with Crippen LogP contribution >= 0.6 is 0 Å². The first kappa shape index (κ1) is 19.4. The van der Waals surface area contributed by atoms with E-state index in [4.69, 9.17) is 11.5 Å². The average molecular weight is 393 g/mol. The molecule has 0 bridgehead atoms. The van der Waals surface area contributed by atoms with Gasteiger partial charge in [-0.25, -0.2) is 4.52 Å². The third kappa shape index (κ3) is 3.06. The summed E-state index contributed by atoms with van der Waals surface area (Å²) >= 11 is 0. The normalized spacial score (nSPS) is 23.4. The summed E-state index contributed by atoms with van der Waals surface area (Å²) < 4.78 is 1.78. The zero-order valence-electron chi connectivity index (χ0n) is 17.4. The highest BCUT2D eigenvalue weighted by molar-refractivity contribution is 6.02. The van der Waals surface area contributed by atoms with Crippen LogP contribution in [0, 0.1) is 12.3 Å². The zero-order chi connectivity index (χ0) is 21.0. The van der Waals surface area contributed by atoms with Gasteiger partial charge in [0.15, 0.2) is 0 Å². The Morgan fingerprint density at radius 2 is 2.07 bits per heavy atom. The second-order valence-electron chi connectivity index (χ2n) is 8.92. The highest BCUT2D eigenvalue weighted by atomic mass is 16.1. The van der Waals surface area contributed by atoms with E-state index in [0.717, 1.165) is 35.0 Å². The minimum atomic E-state index is -0.505. The van der Waals surface area contributed by atoms with Crippen LogP contribution in [0.5, 0.6) is 0 Å². The van der Waals surface area contributed by atoms with E-state index in [-0.39, 0.29) is 17.0 Å². The molecular formula is C22H28N6O. The number of rotatable bonds is 4. The Bertz CT molecular complexity index is 1100.